The number of methoxy groups -OCH3 is 1. The van der Waals surface area contributed by atoms with Gasteiger partial charge in [-0.1, -0.05) is 6.07 Å². The lowest BCUT2D eigenvalue weighted by Gasteiger charge is -2.15. The lowest BCUT2D eigenvalue weighted by molar-refractivity contribution is -0.275. The normalized spacial score (nSPS) is 11.1. The third-order valence-corrected chi connectivity index (χ3v) is 1.67. The number of alkyl halides is 3. The third kappa shape index (κ3) is 3.22. The van der Waals surface area contributed by atoms with Crippen molar-refractivity contribution in [2.45, 2.75) is 13.3 Å². The van der Waals surface area contributed by atoms with Crippen LogP contribution in [0.25, 0.3) is 0 Å². The molecule has 3 nitrogen and oxygen atoms in total. The number of halogens is 3. The van der Waals surface area contributed by atoms with Crippen LogP contribution < -0.4 is 14.2 Å². The first-order chi connectivity index (χ1) is 7.48. The van der Waals surface area contributed by atoms with E-state index >= 15 is 0 Å². The van der Waals surface area contributed by atoms with Crippen LogP contribution in [0.3, 0.4) is 0 Å². The van der Waals surface area contributed by atoms with Gasteiger partial charge in [-0.05, 0) is 19.1 Å². The average molecular weight is 236 g/mol. The third-order valence-electron chi connectivity index (χ3n) is 1.67. The summed E-state index contributed by atoms with van der Waals surface area (Å²) in [7, 11) is 1.25. The zero-order valence-electron chi connectivity index (χ0n) is 8.80. The summed E-state index contributed by atoms with van der Waals surface area (Å²) in [4.78, 5) is 0. The predicted octanol–water partition coefficient (Wildman–Crippen LogP) is 2.99. The predicted molar refractivity (Wildman–Crippen MR) is 50.8 cm³/mol. The summed E-state index contributed by atoms with van der Waals surface area (Å²) >= 11 is 0. The van der Waals surface area contributed by atoms with E-state index in [1.165, 1.54) is 19.2 Å². The van der Waals surface area contributed by atoms with Crippen molar-refractivity contribution in [1.29, 1.82) is 0 Å². The second-order valence-corrected chi connectivity index (χ2v) is 2.77. The van der Waals surface area contributed by atoms with Crippen LogP contribution in [0, 0.1) is 0 Å². The number of rotatable bonds is 4. The Balaban J connectivity index is 3.04. The van der Waals surface area contributed by atoms with E-state index in [4.69, 9.17) is 9.47 Å². The van der Waals surface area contributed by atoms with Crippen molar-refractivity contribution in [2.75, 3.05) is 13.7 Å². The second kappa shape index (κ2) is 4.96. The monoisotopic (exact) mass is 236 g/mol. The van der Waals surface area contributed by atoms with Gasteiger partial charge in [0, 0.05) is 0 Å². The molecule has 90 valence electrons. The van der Waals surface area contributed by atoms with Crippen LogP contribution in [-0.2, 0) is 0 Å². The Hall–Kier alpha value is -1.59. The molecule has 0 spiro atoms. The molecule has 0 aliphatic carbocycles. The summed E-state index contributed by atoms with van der Waals surface area (Å²) in [5.41, 5.74) is 0. The van der Waals surface area contributed by atoms with Crippen molar-refractivity contribution in [1.82, 2.24) is 0 Å². The molecule has 0 aromatic heterocycles. The molecule has 0 saturated heterocycles. The average Bonchev–Trinajstić information content (AvgIpc) is 2.16. The molecule has 0 N–H and O–H groups in total. The van der Waals surface area contributed by atoms with Crippen molar-refractivity contribution < 1.29 is 27.4 Å². The van der Waals surface area contributed by atoms with Gasteiger partial charge in [0.15, 0.2) is 11.5 Å². The fourth-order valence-electron chi connectivity index (χ4n) is 1.17. The lowest BCUT2D eigenvalue weighted by Crippen LogP contribution is -2.17. The molecule has 16 heavy (non-hydrogen) atoms. The van der Waals surface area contributed by atoms with Crippen LogP contribution in [-0.4, -0.2) is 20.1 Å². The molecule has 0 aliphatic heterocycles. The molecule has 0 heterocycles. The maximum atomic E-state index is 12.1. The second-order valence-electron chi connectivity index (χ2n) is 2.77. The summed E-state index contributed by atoms with van der Waals surface area (Å²) in [6, 6.07) is 4.06. The van der Waals surface area contributed by atoms with Gasteiger partial charge in [0.25, 0.3) is 0 Å². The standard InChI is InChI=1S/C10H11F3O3/c1-3-15-7-5-4-6-8(9(7)14-2)16-10(11,12)13/h4-6H,3H2,1-2H3. The zero-order valence-corrected chi connectivity index (χ0v) is 8.80. The Morgan fingerprint density at radius 1 is 1.19 bits per heavy atom. The number of para-hydroxylation sites is 1. The molecule has 6 heteroatoms. The van der Waals surface area contributed by atoms with E-state index < -0.39 is 12.1 Å². The Morgan fingerprint density at radius 2 is 1.81 bits per heavy atom. The van der Waals surface area contributed by atoms with Gasteiger partial charge in [0.2, 0.25) is 5.75 Å². The Kier molecular flexibility index (Phi) is 3.87. The first-order valence-corrected chi connectivity index (χ1v) is 4.53. The molecule has 0 radical (unpaired) electrons. The van der Waals surface area contributed by atoms with Gasteiger partial charge in [-0.2, -0.15) is 0 Å². The number of ether oxygens (including phenoxy) is 3. The van der Waals surface area contributed by atoms with Gasteiger partial charge in [-0.15, -0.1) is 13.2 Å². The SMILES string of the molecule is CCOc1cccc(OC(F)(F)F)c1OC. The van der Waals surface area contributed by atoms with Crippen molar-refractivity contribution in [3.63, 3.8) is 0 Å². The molecule has 0 atom stereocenters. The molecular weight excluding hydrogens is 225 g/mol. The van der Waals surface area contributed by atoms with E-state index in [0.717, 1.165) is 6.07 Å². The molecule has 0 unspecified atom stereocenters. The molecule has 0 fully saturated rings. The van der Waals surface area contributed by atoms with Crippen molar-refractivity contribution >= 4 is 0 Å². The molecule has 0 saturated carbocycles. The van der Waals surface area contributed by atoms with Crippen LogP contribution in [0.2, 0.25) is 0 Å². The fraction of sp³-hybridized carbons (Fsp3) is 0.400. The molecule has 1 aromatic carbocycles. The van der Waals surface area contributed by atoms with E-state index in [1.54, 1.807) is 6.92 Å². The van der Waals surface area contributed by atoms with Gasteiger partial charge in [-0.25, -0.2) is 0 Å². The van der Waals surface area contributed by atoms with Gasteiger partial charge in [0.1, 0.15) is 0 Å². The first-order valence-electron chi connectivity index (χ1n) is 4.53. The Bertz CT molecular complexity index is 350. The van der Waals surface area contributed by atoms with E-state index in [9.17, 15) is 13.2 Å². The van der Waals surface area contributed by atoms with Crippen molar-refractivity contribution in [3.8, 4) is 17.2 Å². The van der Waals surface area contributed by atoms with Crippen LogP contribution in [0.1, 0.15) is 6.92 Å². The highest BCUT2D eigenvalue weighted by molar-refractivity contribution is 5.51. The first kappa shape index (κ1) is 12.5. The smallest absolute Gasteiger partial charge is 0.490 e. The van der Waals surface area contributed by atoms with E-state index in [-0.39, 0.29) is 11.5 Å². The molecule has 0 bridgehead atoms. The number of hydrogen-bond donors (Lipinski definition) is 0. The lowest BCUT2D eigenvalue weighted by atomic mass is 10.3. The Labute approximate surface area is 90.7 Å². The maximum absolute atomic E-state index is 12.1. The fourth-order valence-corrected chi connectivity index (χ4v) is 1.17. The highest BCUT2D eigenvalue weighted by atomic mass is 19.4. The molecule has 1 aromatic rings. The zero-order chi connectivity index (χ0) is 12.2. The molecular formula is C10H11F3O3. The van der Waals surface area contributed by atoms with Gasteiger partial charge >= 0.3 is 6.36 Å². The summed E-state index contributed by atoms with van der Waals surface area (Å²) in [6.07, 6.45) is -4.75. The Morgan fingerprint density at radius 3 is 2.31 bits per heavy atom. The minimum absolute atomic E-state index is 0.0679. The summed E-state index contributed by atoms with van der Waals surface area (Å²) in [5.74, 6) is -0.269. The molecule has 0 aliphatic rings. The van der Waals surface area contributed by atoms with Crippen LogP contribution in [0.15, 0.2) is 18.2 Å². The molecule has 0 amide bonds. The highest BCUT2D eigenvalue weighted by Crippen LogP contribution is 2.39. The van der Waals surface area contributed by atoms with Gasteiger partial charge in [0.05, 0.1) is 13.7 Å². The highest BCUT2D eigenvalue weighted by Gasteiger charge is 2.33. The summed E-state index contributed by atoms with van der Waals surface area (Å²) in [6.45, 7) is 2.04. The van der Waals surface area contributed by atoms with E-state index in [1.807, 2.05) is 0 Å². The topological polar surface area (TPSA) is 27.7 Å². The molecule has 1 rings (SSSR count). The quantitative estimate of drug-likeness (QED) is 0.804. The van der Waals surface area contributed by atoms with Crippen LogP contribution in [0.4, 0.5) is 13.2 Å². The van der Waals surface area contributed by atoms with Crippen LogP contribution in [0.5, 0.6) is 17.2 Å². The van der Waals surface area contributed by atoms with E-state index in [2.05, 4.69) is 4.74 Å². The van der Waals surface area contributed by atoms with Gasteiger partial charge < -0.3 is 14.2 Å². The van der Waals surface area contributed by atoms with Gasteiger partial charge in [-0.3, -0.25) is 0 Å². The number of benzene rings is 1. The minimum atomic E-state index is -4.75. The largest absolute Gasteiger partial charge is 0.573 e. The van der Waals surface area contributed by atoms with Crippen molar-refractivity contribution in [3.05, 3.63) is 18.2 Å². The summed E-state index contributed by atoms with van der Waals surface area (Å²) < 4.78 is 49.9. The number of hydrogen-bond acceptors (Lipinski definition) is 3. The van der Waals surface area contributed by atoms with Crippen molar-refractivity contribution in [2.24, 2.45) is 0 Å². The van der Waals surface area contributed by atoms with Crippen LogP contribution >= 0.6 is 0 Å². The van der Waals surface area contributed by atoms with E-state index in [0.29, 0.717) is 6.61 Å². The summed E-state index contributed by atoms with van der Waals surface area (Å²) in [5, 5.41) is 0. The maximum Gasteiger partial charge on any atom is 0.573 e. The minimum Gasteiger partial charge on any atom is -0.490 e.